The zero-order chi connectivity index (χ0) is 8.86. The fourth-order valence-corrected chi connectivity index (χ4v) is 2.95. The SMILES string of the molecule is CCNCC1(SC)CCCCC1. The second kappa shape index (κ2) is 5.13. The Balaban J connectivity index is 2.37. The predicted octanol–water partition coefficient (Wildman–Crippen LogP) is 2.66. The molecule has 0 amide bonds. The maximum absolute atomic E-state index is 3.49. The highest BCUT2D eigenvalue weighted by atomic mass is 32.2. The fraction of sp³-hybridized carbons (Fsp3) is 1.00. The molecular weight excluding hydrogens is 166 g/mol. The Bertz CT molecular complexity index is 119. The molecule has 1 aliphatic rings. The van der Waals surface area contributed by atoms with Crippen LogP contribution >= 0.6 is 11.8 Å². The Morgan fingerprint density at radius 1 is 1.25 bits per heavy atom. The molecule has 0 aromatic carbocycles. The summed E-state index contributed by atoms with van der Waals surface area (Å²) < 4.78 is 0.578. The summed E-state index contributed by atoms with van der Waals surface area (Å²) in [6.45, 7) is 4.52. The van der Waals surface area contributed by atoms with Crippen molar-refractivity contribution in [1.82, 2.24) is 5.32 Å². The van der Waals surface area contributed by atoms with E-state index in [1.807, 2.05) is 0 Å². The average molecular weight is 187 g/mol. The molecule has 0 bridgehead atoms. The molecule has 0 aliphatic heterocycles. The summed E-state index contributed by atoms with van der Waals surface area (Å²) in [5.74, 6) is 0. The van der Waals surface area contributed by atoms with Crippen molar-refractivity contribution in [2.24, 2.45) is 0 Å². The summed E-state index contributed by atoms with van der Waals surface area (Å²) in [7, 11) is 0. The molecule has 12 heavy (non-hydrogen) atoms. The first-order chi connectivity index (χ1) is 5.83. The van der Waals surface area contributed by atoms with E-state index < -0.39 is 0 Å². The van der Waals surface area contributed by atoms with Crippen molar-refractivity contribution < 1.29 is 0 Å². The topological polar surface area (TPSA) is 12.0 Å². The van der Waals surface area contributed by atoms with Gasteiger partial charge in [0.2, 0.25) is 0 Å². The molecule has 0 spiro atoms. The molecule has 1 saturated carbocycles. The van der Waals surface area contributed by atoms with Gasteiger partial charge in [0.15, 0.2) is 0 Å². The number of rotatable bonds is 4. The molecule has 1 aliphatic carbocycles. The lowest BCUT2D eigenvalue weighted by Gasteiger charge is -2.35. The zero-order valence-electron chi connectivity index (χ0n) is 8.36. The summed E-state index contributed by atoms with van der Waals surface area (Å²) in [6.07, 6.45) is 9.43. The maximum atomic E-state index is 3.49. The van der Waals surface area contributed by atoms with Gasteiger partial charge in [-0.25, -0.2) is 0 Å². The van der Waals surface area contributed by atoms with Crippen molar-refractivity contribution in [2.75, 3.05) is 19.3 Å². The van der Waals surface area contributed by atoms with Crippen LogP contribution in [0.15, 0.2) is 0 Å². The first-order valence-electron chi connectivity index (χ1n) is 5.09. The molecular formula is C10H21NS. The van der Waals surface area contributed by atoms with E-state index in [0.29, 0.717) is 4.75 Å². The first kappa shape index (κ1) is 10.4. The molecule has 0 radical (unpaired) electrons. The van der Waals surface area contributed by atoms with Crippen molar-refractivity contribution in [3.05, 3.63) is 0 Å². The Kier molecular flexibility index (Phi) is 4.44. The van der Waals surface area contributed by atoms with Crippen LogP contribution in [-0.2, 0) is 0 Å². The van der Waals surface area contributed by atoms with Gasteiger partial charge in [-0.05, 0) is 25.6 Å². The monoisotopic (exact) mass is 187 g/mol. The molecule has 72 valence electrons. The summed E-state index contributed by atoms with van der Waals surface area (Å²) in [5, 5.41) is 3.49. The average Bonchev–Trinajstić information content (AvgIpc) is 2.16. The van der Waals surface area contributed by atoms with Gasteiger partial charge < -0.3 is 5.32 Å². The van der Waals surface area contributed by atoms with E-state index >= 15 is 0 Å². The Morgan fingerprint density at radius 3 is 2.42 bits per heavy atom. The van der Waals surface area contributed by atoms with E-state index in [-0.39, 0.29) is 0 Å². The van der Waals surface area contributed by atoms with Gasteiger partial charge in [-0.2, -0.15) is 11.8 Å². The third-order valence-electron chi connectivity index (χ3n) is 2.89. The van der Waals surface area contributed by atoms with Crippen molar-refractivity contribution in [3.8, 4) is 0 Å². The lowest BCUT2D eigenvalue weighted by atomic mass is 9.88. The normalized spacial score (nSPS) is 22.5. The van der Waals surface area contributed by atoms with Gasteiger partial charge in [0.25, 0.3) is 0 Å². The van der Waals surface area contributed by atoms with E-state index in [4.69, 9.17) is 0 Å². The second-order valence-electron chi connectivity index (χ2n) is 3.73. The minimum Gasteiger partial charge on any atom is -0.316 e. The zero-order valence-corrected chi connectivity index (χ0v) is 9.17. The Morgan fingerprint density at radius 2 is 1.92 bits per heavy atom. The largest absolute Gasteiger partial charge is 0.316 e. The molecule has 0 aromatic heterocycles. The van der Waals surface area contributed by atoms with Crippen LogP contribution in [0.2, 0.25) is 0 Å². The first-order valence-corrected chi connectivity index (χ1v) is 6.31. The van der Waals surface area contributed by atoms with E-state index in [1.54, 1.807) is 0 Å². The lowest BCUT2D eigenvalue weighted by molar-refractivity contribution is 0.382. The van der Waals surface area contributed by atoms with E-state index in [9.17, 15) is 0 Å². The quantitative estimate of drug-likeness (QED) is 0.726. The third-order valence-corrected chi connectivity index (χ3v) is 4.31. The highest BCUT2D eigenvalue weighted by molar-refractivity contribution is 8.00. The van der Waals surface area contributed by atoms with Crippen molar-refractivity contribution >= 4 is 11.8 Å². The van der Waals surface area contributed by atoms with Crippen molar-refractivity contribution in [1.29, 1.82) is 0 Å². The lowest BCUT2D eigenvalue weighted by Crippen LogP contribution is -2.39. The molecule has 0 heterocycles. The van der Waals surface area contributed by atoms with E-state index in [0.717, 1.165) is 6.54 Å². The van der Waals surface area contributed by atoms with E-state index in [2.05, 4.69) is 30.3 Å². The minimum atomic E-state index is 0.578. The van der Waals surface area contributed by atoms with Gasteiger partial charge in [-0.3, -0.25) is 0 Å². The van der Waals surface area contributed by atoms with Gasteiger partial charge in [0.05, 0.1) is 0 Å². The number of nitrogens with one attached hydrogen (secondary N) is 1. The molecule has 1 N–H and O–H groups in total. The number of hydrogen-bond donors (Lipinski definition) is 1. The molecule has 0 atom stereocenters. The molecule has 1 nitrogen and oxygen atoms in total. The standard InChI is InChI=1S/C10H21NS/c1-3-11-9-10(12-2)7-5-4-6-8-10/h11H,3-9H2,1-2H3. The molecule has 0 saturated heterocycles. The molecule has 1 rings (SSSR count). The number of hydrogen-bond acceptors (Lipinski definition) is 2. The van der Waals surface area contributed by atoms with Crippen LogP contribution in [0.3, 0.4) is 0 Å². The van der Waals surface area contributed by atoms with Crippen molar-refractivity contribution in [2.45, 2.75) is 43.8 Å². The Labute approximate surface area is 80.7 Å². The van der Waals surface area contributed by atoms with Crippen LogP contribution in [0.25, 0.3) is 0 Å². The number of thioether (sulfide) groups is 1. The molecule has 0 aromatic rings. The van der Waals surface area contributed by atoms with Crippen LogP contribution in [0.5, 0.6) is 0 Å². The summed E-state index contributed by atoms with van der Waals surface area (Å²) >= 11 is 2.07. The van der Waals surface area contributed by atoms with Gasteiger partial charge in [-0.1, -0.05) is 26.2 Å². The predicted molar refractivity (Wildman–Crippen MR) is 57.9 cm³/mol. The van der Waals surface area contributed by atoms with Gasteiger partial charge in [0.1, 0.15) is 0 Å². The summed E-state index contributed by atoms with van der Waals surface area (Å²) in [6, 6.07) is 0. The molecule has 0 unspecified atom stereocenters. The molecule has 1 fully saturated rings. The van der Waals surface area contributed by atoms with Gasteiger partial charge >= 0.3 is 0 Å². The van der Waals surface area contributed by atoms with Crippen LogP contribution in [0.4, 0.5) is 0 Å². The van der Waals surface area contributed by atoms with Gasteiger partial charge in [-0.15, -0.1) is 0 Å². The van der Waals surface area contributed by atoms with Crippen LogP contribution in [-0.4, -0.2) is 24.1 Å². The fourth-order valence-electron chi connectivity index (χ4n) is 2.00. The van der Waals surface area contributed by atoms with Crippen molar-refractivity contribution in [3.63, 3.8) is 0 Å². The highest BCUT2D eigenvalue weighted by Crippen LogP contribution is 2.37. The smallest absolute Gasteiger partial charge is 0.0281 e. The van der Waals surface area contributed by atoms with Gasteiger partial charge in [0, 0.05) is 11.3 Å². The maximum Gasteiger partial charge on any atom is 0.0281 e. The van der Waals surface area contributed by atoms with Crippen LogP contribution < -0.4 is 5.32 Å². The summed E-state index contributed by atoms with van der Waals surface area (Å²) in [5.41, 5.74) is 0. The summed E-state index contributed by atoms with van der Waals surface area (Å²) in [4.78, 5) is 0. The van der Waals surface area contributed by atoms with Crippen LogP contribution in [0, 0.1) is 0 Å². The van der Waals surface area contributed by atoms with Crippen LogP contribution in [0.1, 0.15) is 39.0 Å². The van der Waals surface area contributed by atoms with E-state index in [1.165, 1.54) is 38.6 Å². The second-order valence-corrected chi connectivity index (χ2v) is 5.00. The third kappa shape index (κ3) is 2.67. The highest BCUT2D eigenvalue weighted by Gasteiger charge is 2.30. The Hall–Kier alpha value is 0.310. The molecule has 2 heteroatoms. The minimum absolute atomic E-state index is 0.578.